The first-order chi connectivity index (χ1) is 15.1. The van der Waals surface area contributed by atoms with Crippen molar-refractivity contribution in [2.24, 2.45) is 4.99 Å². The van der Waals surface area contributed by atoms with E-state index in [1.165, 1.54) is 4.90 Å². The van der Waals surface area contributed by atoms with Crippen LogP contribution in [0.25, 0.3) is 0 Å². The van der Waals surface area contributed by atoms with Gasteiger partial charge in [-0.05, 0) is 30.2 Å². The van der Waals surface area contributed by atoms with Crippen molar-refractivity contribution < 1.29 is 9.59 Å². The normalized spacial score (nSPS) is 13.3. The number of amides is 2. The third-order valence-electron chi connectivity index (χ3n) is 5.11. The van der Waals surface area contributed by atoms with E-state index in [1.807, 2.05) is 60.7 Å². The molecular weight excluding hydrogens is 410 g/mol. The average Bonchev–Trinajstić information content (AvgIpc) is 2.92. The number of nitrogens with zero attached hydrogens (tertiary/aromatic N) is 2. The lowest BCUT2D eigenvalue weighted by Crippen LogP contribution is -2.42. The van der Waals surface area contributed by atoms with Gasteiger partial charge >= 0.3 is 0 Å². The molecule has 156 valence electrons. The molecule has 0 atom stereocenters. The molecule has 5 nitrogen and oxygen atoms in total. The Hall–Kier alpha value is -3.44. The number of fused-ring (bicyclic) bond motifs is 1. The van der Waals surface area contributed by atoms with Gasteiger partial charge < -0.3 is 10.2 Å². The molecule has 1 aliphatic rings. The van der Waals surface area contributed by atoms with Gasteiger partial charge in [0.1, 0.15) is 13.1 Å². The maximum absolute atomic E-state index is 12.9. The molecule has 0 saturated carbocycles. The molecule has 1 heterocycles. The van der Waals surface area contributed by atoms with E-state index < -0.39 is 0 Å². The smallest absolute Gasteiger partial charge is 0.249 e. The first-order valence-electron chi connectivity index (χ1n) is 10.1. The molecule has 0 saturated heterocycles. The van der Waals surface area contributed by atoms with Gasteiger partial charge in [-0.15, -0.1) is 0 Å². The summed E-state index contributed by atoms with van der Waals surface area (Å²) in [6, 6.07) is 24.9. The maximum Gasteiger partial charge on any atom is 0.249 e. The molecule has 2 amide bonds. The van der Waals surface area contributed by atoms with Gasteiger partial charge in [-0.3, -0.25) is 14.6 Å². The molecule has 0 radical (unpaired) electrons. The maximum atomic E-state index is 12.9. The second kappa shape index (κ2) is 9.58. The number of hydrogen-bond acceptors (Lipinski definition) is 3. The molecule has 0 bridgehead atoms. The summed E-state index contributed by atoms with van der Waals surface area (Å²) in [5, 5.41) is 3.45. The number of benzene rings is 3. The molecule has 3 aromatic rings. The largest absolute Gasteiger partial charge is 0.354 e. The Morgan fingerprint density at radius 2 is 1.71 bits per heavy atom. The second-order valence-corrected chi connectivity index (χ2v) is 7.69. The summed E-state index contributed by atoms with van der Waals surface area (Å²) in [6.45, 7) is 0.401. The molecule has 4 rings (SSSR count). The monoisotopic (exact) mass is 431 g/mol. The van der Waals surface area contributed by atoms with Gasteiger partial charge in [0.2, 0.25) is 11.8 Å². The minimum Gasteiger partial charge on any atom is -0.354 e. The lowest BCUT2D eigenvalue weighted by molar-refractivity contribution is -0.123. The van der Waals surface area contributed by atoms with E-state index >= 15 is 0 Å². The Kier molecular flexibility index (Phi) is 6.43. The van der Waals surface area contributed by atoms with Crippen LogP contribution in [0.5, 0.6) is 0 Å². The molecule has 3 aromatic carbocycles. The van der Waals surface area contributed by atoms with E-state index in [0.29, 0.717) is 23.0 Å². The quantitative estimate of drug-likeness (QED) is 0.643. The van der Waals surface area contributed by atoms with Crippen molar-refractivity contribution >= 4 is 34.8 Å². The average molecular weight is 432 g/mol. The number of aliphatic imine (C=N–C) groups is 1. The second-order valence-electron chi connectivity index (χ2n) is 7.26. The van der Waals surface area contributed by atoms with Crippen molar-refractivity contribution in [3.63, 3.8) is 0 Å². The van der Waals surface area contributed by atoms with Crippen LogP contribution in [0, 0.1) is 0 Å². The number of rotatable bonds is 6. The number of carbonyl (C=O) groups excluding carboxylic acids is 2. The molecule has 1 N–H and O–H groups in total. The van der Waals surface area contributed by atoms with Crippen molar-refractivity contribution in [1.82, 2.24) is 5.32 Å². The van der Waals surface area contributed by atoms with Crippen molar-refractivity contribution in [1.29, 1.82) is 0 Å². The summed E-state index contributed by atoms with van der Waals surface area (Å²) < 4.78 is 0. The molecule has 0 spiro atoms. The fraction of sp³-hybridized carbons (Fsp3) is 0.160. The van der Waals surface area contributed by atoms with Crippen LogP contribution in [-0.4, -0.2) is 37.2 Å². The number of anilines is 1. The highest BCUT2D eigenvalue weighted by atomic mass is 35.5. The van der Waals surface area contributed by atoms with Crippen molar-refractivity contribution in [2.45, 2.75) is 6.42 Å². The van der Waals surface area contributed by atoms with E-state index in [4.69, 9.17) is 11.6 Å². The topological polar surface area (TPSA) is 61.8 Å². The van der Waals surface area contributed by atoms with Gasteiger partial charge in [0, 0.05) is 22.7 Å². The molecule has 0 unspecified atom stereocenters. The zero-order valence-corrected chi connectivity index (χ0v) is 17.7. The summed E-state index contributed by atoms with van der Waals surface area (Å²) in [7, 11) is 0. The van der Waals surface area contributed by atoms with Crippen LogP contribution in [-0.2, 0) is 16.0 Å². The number of hydrogen-bond donors (Lipinski definition) is 1. The summed E-state index contributed by atoms with van der Waals surface area (Å²) in [6.07, 6.45) is 0.730. The fourth-order valence-electron chi connectivity index (χ4n) is 3.59. The van der Waals surface area contributed by atoms with Crippen LogP contribution in [0.3, 0.4) is 0 Å². The van der Waals surface area contributed by atoms with Crippen LogP contribution >= 0.6 is 11.6 Å². The van der Waals surface area contributed by atoms with E-state index in [9.17, 15) is 9.59 Å². The third kappa shape index (κ3) is 5.01. The van der Waals surface area contributed by atoms with Crippen LogP contribution in [0.1, 0.15) is 16.7 Å². The highest BCUT2D eigenvalue weighted by Crippen LogP contribution is 2.29. The SMILES string of the molecule is O=C(CN1C(=O)CN=C(c2ccccc2)c2cc(Cl)ccc21)NCCc1ccccc1. The molecule has 0 fully saturated rings. The van der Waals surface area contributed by atoms with Gasteiger partial charge in [0.15, 0.2) is 0 Å². The van der Waals surface area contributed by atoms with Gasteiger partial charge in [-0.25, -0.2) is 0 Å². The van der Waals surface area contributed by atoms with Crippen LogP contribution < -0.4 is 10.2 Å². The van der Waals surface area contributed by atoms with E-state index in [1.54, 1.807) is 18.2 Å². The van der Waals surface area contributed by atoms with Crippen molar-refractivity contribution in [3.8, 4) is 0 Å². The lowest BCUT2D eigenvalue weighted by Gasteiger charge is -2.23. The Morgan fingerprint density at radius 3 is 2.45 bits per heavy atom. The lowest BCUT2D eigenvalue weighted by atomic mass is 10.00. The van der Waals surface area contributed by atoms with E-state index in [-0.39, 0.29) is 24.9 Å². The standard InChI is InChI=1S/C25H22ClN3O2/c26-20-11-12-22-21(15-20)25(19-9-5-2-6-10-19)28-16-24(31)29(22)17-23(30)27-14-13-18-7-3-1-4-8-18/h1-12,15H,13-14,16-17H2,(H,27,30). The van der Waals surface area contributed by atoms with Gasteiger partial charge in [-0.2, -0.15) is 0 Å². The van der Waals surface area contributed by atoms with E-state index in [0.717, 1.165) is 23.1 Å². The third-order valence-corrected chi connectivity index (χ3v) is 5.34. The van der Waals surface area contributed by atoms with Gasteiger partial charge in [0.05, 0.1) is 11.4 Å². The fourth-order valence-corrected chi connectivity index (χ4v) is 3.76. The van der Waals surface area contributed by atoms with Crippen molar-refractivity contribution in [2.75, 3.05) is 24.5 Å². The first kappa shape index (κ1) is 20.8. The molecule has 0 aromatic heterocycles. The molecular formula is C25H22ClN3O2. The zero-order valence-electron chi connectivity index (χ0n) is 16.9. The van der Waals surface area contributed by atoms with Crippen LogP contribution in [0.4, 0.5) is 5.69 Å². The summed E-state index contributed by atoms with van der Waals surface area (Å²) >= 11 is 6.26. The Bertz CT molecular complexity index is 1110. The predicted molar refractivity (Wildman–Crippen MR) is 124 cm³/mol. The summed E-state index contributed by atoms with van der Waals surface area (Å²) in [5.74, 6) is -0.443. The van der Waals surface area contributed by atoms with E-state index in [2.05, 4.69) is 10.3 Å². The van der Waals surface area contributed by atoms with Crippen LogP contribution in [0.15, 0.2) is 83.9 Å². The molecule has 31 heavy (non-hydrogen) atoms. The Morgan fingerprint density at radius 1 is 1.00 bits per heavy atom. The zero-order chi connectivity index (χ0) is 21.6. The first-order valence-corrected chi connectivity index (χ1v) is 10.5. The van der Waals surface area contributed by atoms with Gasteiger partial charge in [0.25, 0.3) is 0 Å². The highest BCUT2D eigenvalue weighted by Gasteiger charge is 2.27. The van der Waals surface area contributed by atoms with Crippen molar-refractivity contribution in [3.05, 3.63) is 101 Å². The van der Waals surface area contributed by atoms with Gasteiger partial charge in [-0.1, -0.05) is 72.3 Å². The van der Waals surface area contributed by atoms with Crippen LogP contribution in [0.2, 0.25) is 5.02 Å². The highest BCUT2D eigenvalue weighted by molar-refractivity contribution is 6.32. The number of carbonyl (C=O) groups is 2. The Labute approximate surface area is 186 Å². The minimum atomic E-state index is -0.229. The molecule has 0 aliphatic carbocycles. The molecule has 1 aliphatic heterocycles. The summed E-state index contributed by atoms with van der Waals surface area (Å²) in [4.78, 5) is 31.5. The summed E-state index contributed by atoms with van der Waals surface area (Å²) in [5.41, 5.74) is 4.11. The Balaban J connectivity index is 1.54. The minimum absolute atomic E-state index is 0.0339. The molecule has 6 heteroatoms. The number of halogens is 1. The number of benzodiazepines with no additional fused rings is 1. The number of nitrogens with one attached hydrogen (secondary N) is 1. The predicted octanol–water partition coefficient (Wildman–Crippen LogP) is 3.88.